The van der Waals surface area contributed by atoms with E-state index in [0.717, 1.165) is 12.5 Å². The first-order valence-corrected chi connectivity index (χ1v) is 7.61. The Hall–Kier alpha value is -0.860. The summed E-state index contributed by atoms with van der Waals surface area (Å²) in [7, 11) is 4.34. The van der Waals surface area contributed by atoms with Crippen LogP contribution in [0.3, 0.4) is 0 Å². The van der Waals surface area contributed by atoms with E-state index in [2.05, 4.69) is 61.6 Å². The van der Waals surface area contributed by atoms with Crippen LogP contribution in [0.1, 0.15) is 37.8 Å². The first kappa shape index (κ1) is 14.5. The number of hydrogen-bond donors (Lipinski definition) is 1. The Morgan fingerprint density at radius 3 is 2.47 bits per heavy atom. The maximum Gasteiger partial charge on any atom is 0.0355 e. The molecule has 1 aliphatic carbocycles. The number of nitrogens with zero attached hydrogens (tertiary/aromatic N) is 1. The van der Waals surface area contributed by atoms with Crippen LogP contribution in [0.4, 0.5) is 0 Å². The summed E-state index contributed by atoms with van der Waals surface area (Å²) in [6.45, 7) is 4.79. The molecular weight excluding hydrogens is 232 g/mol. The van der Waals surface area contributed by atoms with Crippen molar-refractivity contribution in [1.82, 2.24) is 10.2 Å². The molecule has 0 radical (unpaired) electrons. The van der Waals surface area contributed by atoms with Gasteiger partial charge in [0.2, 0.25) is 0 Å². The van der Waals surface area contributed by atoms with E-state index in [1.54, 1.807) is 0 Å². The average Bonchev–Trinajstić information content (AvgIpc) is 2.36. The second kappa shape index (κ2) is 7.06. The predicted octanol–water partition coefficient (Wildman–Crippen LogP) is 3.32. The van der Waals surface area contributed by atoms with Crippen LogP contribution in [-0.2, 0) is 0 Å². The smallest absolute Gasteiger partial charge is 0.0355 e. The molecule has 1 aromatic rings. The third kappa shape index (κ3) is 4.05. The van der Waals surface area contributed by atoms with Crippen molar-refractivity contribution in [2.45, 2.75) is 32.2 Å². The van der Waals surface area contributed by atoms with Crippen LogP contribution in [0, 0.1) is 11.8 Å². The lowest BCUT2D eigenvalue weighted by atomic mass is 9.85. The molecule has 0 heterocycles. The van der Waals surface area contributed by atoms with Crippen LogP contribution in [0.15, 0.2) is 30.3 Å². The van der Waals surface area contributed by atoms with Gasteiger partial charge in [-0.3, -0.25) is 0 Å². The van der Waals surface area contributed by atoms with Gasteiger partial charge in [-0.1, -0.05) is 43.7 Å². The first-order chi connectivity index (χ1) is 9.20. The minimum Gasteiger partial charge on any atom is -0.313 e. The fourth-order valence-electron chi connectivity index (χ4n) is 3.23. The Morgan fingerprint density at radius 2 is 1.95 bits per heavy atom. The maximum absolute atomic E-state index is 3.48. The Morgan fingerprint density at radius 1 is 1.26 bits per heavy atom. The number of rotatable bonds is 7. The van der Waals surface area contributed by atoms with E-state index in [9.17, 15) is 0 Å². The lowest BCUT2D eigenvalue weighted by Gasteiger charge is -2.33. The zero-order valence-electron chi connectivity index (χ0n) is 12.6. The zero-order chi connectivity index (χ0) is 13.7. The summed E-state index contributed by atoms with van der Waals surface area (Å²) in [4.78, 5) is 2.52. The van der Waals surface area contributed by atoms with Gasteiger partial charge in [-0.25, -0.2) is 0 Å². The van der Waals surface area contributed by atoms with Crippen molar-refractivity contribution in [3.63, 3.8) is 0 Å². The highest BCUT2D eigenvalue weighted by atomic mass is 15.1. The Kier molecular flexibility index (Phi) is 5.41. The van der Waals surface area contributed by atoms with E-state index in [-0.39, 0.29) is 0 Å². The molecule has 2 nitrogen and oxygen atoms in total. The standard InChI is InChI=1S/C17H28N2/c1-14(12-19(3)13-15-8-7-9-15)17(18-2)16-10-5-4-6-11-16/h4-6,10-11,14-15,17-18H,7-9,12-13H2,1-3H3. The fraction of sp³-hybridized carbons (Fsp3) is 0.647. The maximum atomic E-state index is 3.48. The van der Waals surface area contributed by atoms with Crippen LogP contribution in [0.2, 0.25) is 0 Å². The fourth-order valence-corrected chi connectivity index (χ4v) is 3.23. The molecule has 1 N–H and O–H groups in total. The second-order valence-corrected chi connectivity index (χ2v) is 6.17. The van der Waals surface area contributed by atoms with E-state index in [1.165, 1.54) is 31.4 Å². The van der Waals surface area contributed by atoms with E-state index < -0.39 is 0 Å². The quantitative estimate of drug-likeness (QED) is 0.809. The van der Waals surface area contributed by atoms with Gasteiger partial charge in [-0.15, -0.1) is 0 Å². The molecule has 1 aliphatic rings. The first-order valence-electron chi connectivity index (χ1n) is 7.61. The SMILES string of the molecule is CNC(c1ccccc1)C(C)CN(C)CC1CCC1. The van der Waals surface area contributed by atoms with Crippen molar-refractivity contribution in [1.29, 1.82) is 0 Å². The molecule has 106 valence electrons. The summed E-state index contributed by atoms with van der Waals surface area (Å²) >= 11 is 0. The second-order valence-electron chi connectivity index (χ2n) is 6.17. The molecule has 19 heavy (non-hydrogen) atoms. The van der Waals surface area contributed by atoms with Crippen LogP contribution < -0.4 is 5.32 Å². The molecule has 0 amide bonds. The van der Waals surface area contributed by atoms with Crippen molar-refractivity contribution < 1.29 is 0 Å². The molecule has 2 rings (SSSR count). The molecular formula is C17H28N2. The van der Waals surface area contributed by atoms with Crippen molar-refractivity contribution in [2.24, 2.45) is 11.8 Å². The van der Waals surface area contributed by atoms with E-state index in [0.29, 0.717) is 12.0 Å². The number of benzene rings is 1. The van der Waals surface area contributed by atoms with Crippen molar-refractivity contribution in [3.8, 4) is 0 Å². The van der Waals surface area contributed by atoms with Crippen LogP contribution >= 0.6 is 0 Å². The van der Waals surface area contributed by atoms with Crippen LogP contribution in [0.25, 0.3) is 0 Å². The van der Waals surface area contributed by atoms with Crippen LogP contribution in [0.5, 0.6) is 0 Å². The van der Waals surface area contributed by atoms with Gasteiger partial charge in [0, 0.05) is 19.1 Å². The molecule has 2 atom stereocenters. The Balaban J connectivity index is 1.87. The highest BCUT2D eigenvalue weighted by molar-refractivity contribution is 5.19. The minimum atomic E-state index is 0.449. The highest BCUT2D eigenvalue weighted by Gasteiger charge is 2.22. The Bertz CT molecular complexity index is 359. The van der Waals surface area contributed by atoms with E-state index in [4.69, 9.17) is 0 Å². The highest BCUT2D eigenvalue weighted by Crippen LogP contribution is 2.28. The largest absolute Gasteiger partial charge is 0.313 e. The van der Waals surface area contributed by atoms with Gasteiger partial charge in [0.05, 0.1) is 0 Å². The monoisotopic (exact) mass is 260 g/mol. The summed E-state index contributed by atoms with van der Waals surface area (Å²) in [6, 6.07) is 11.2. The third-order valence-corrected chi connectivity index (χ3v) is 4.43. The lowest BCUT2D eigenvalue weighted by Crippen LogP contribution is -2.36. The van der Waals surface area contributed by atoms with Gasteiger partial charge >= 0.3 is 0 Å². The predicted molar refractivity (Wildman–Crippen MR) is 82.2 cm³/mol. The summed E-state index contributed by atoms with van der Waals surface area (Å²) in [6.07, 6.45) is 4.32. The van der Waals surface area contributed by atoms with Gasteiger partial charge < -0.3 is 10.2 Å². The van der Waals surface area contributed by atoms with Gasteiger partial charge in [0.1, 0.15) is 0 Å². The minimum absolute atomic E-state index is 0.449. The Labute approximate surface area is 118 Å². The molecule has 1 fully saturated rings. The third-order valence-electron chi connectivity index (χ3n) is 4.43. The molecule has 1 aromatic carbocycles. The van der Waals surface area contributed by atoms with Crippen molar-refractivity contribution >= 4 is 0 Å². The number of hydrogen-bond acceptors (Lipinski definition) is 2. The van der Waals surface area contributed by atoms with Crippen molar-refractivity contribution in [3.05, 3.63) is 35.9 Å². The normalized spacial score (nSPS) is 19.2. The van der Waals surface area contributed by atoms with Gasteiger partial charge in [0.15, 0.2) is 0 Å². The van der Waals surface area contributed by atoms with Crippen molar-refractivity contribution in [2.75, 3.05) is 27.2 Å². The lowest BCUT2D eigenvalue weighted by molar-refractivity contribution is 0.177. The summed E-state index contributed by atoms with van der Waals surface area (Å²) in [5, 5.41) is 3.48. The van der Waals surface area contributed by atoms with Gasteiger partial charge in [0.25, 0.3) is 0 Å². The van der Waals surface area contributed by atoms with E-state index >= 15 is 0 Å². The molecule has 0 bridgehead atoms. The van der Waals surface area contributed by atoms with E-state index in [1.807, 2.05) is 0 Å². The average molecular weight is 260 g/mol. The van der Waals surface area contributed by atoms with Gasteiger partial charge in [-0.05, 0) is 44.3 Å². The summed E-state index contributed by atoms with van der Waals surface area (Å²) < 4.78 is 0. The molecule has 2 unspecified atom stereocenters. The molecule has 1 saturated carbocycles. The zero-order valence-corrected chi connectivity index (χ0v) is 12.6. The summed E-state index contributed by atoms with van der Waals surface area (Å²) in [5.74, 6) is 1.58. The molecule has 0 spiro atoms. The van der Waals surface area contributed by atoms with Gasteiger partial charge in [-0.2, -0.15) is 0 Å². The molecule has 2 heteroatoms. The molecule has 0 aliphatic heterocycles. The molecule has 0 aromatic heterocycles. The van der Waals surface area contributed by atoms with Crippen LogP contribution in [-0.4, -0.2) is 32.1 Å². The topological polar surface area (TPSA) is 15.3 Å². The number of nitrogens with one attached hydrogen (secondary N) is 1. The summed E-state index contributed by atoms with van der Waals surface area (Å²) in [5.41, 5.74) is 1.40. The molecule has 0 saturated heterocycles.